The van der Waals surface area contributed by atoms with E-state index in [0.29, 0.717) is 12.0 Å². The van der Waals surface area contributed by atoms with Gasteiger partial charge in [0.15, 0.2) is 0 Å². The van der Waals surface area contributed by atoms with Crippen LogP contribution in [0, 0.1) is 11.3 Å². The van der Waals surface area contributed by atoms with Crippen molar-refractivity contribution in [3.8, 4) is 6.07 Å². The molecule has 0 aliphatic heterocycles. The van der Waals surface area contributed by atoms with Gasteiger partial charge in [-0.15, -0.1) is 0 Å². The van der Waals surface area contributed by atoms with Crippen molar-refractivity contribution >= 4 is 6.09 Å². The fourth-order valence-corrected chi connectivity index (χ4v) is 1.69. The van der Waals surface area contributed by atoms with Crippen molar-refractivity contribution in [3.63, 3.8) is 0 Å². The lowest BCUT2D eigenvalue weighted by molar-refractivity contribution is 0.0483. The van der Waals surface area contributed by atoms with Gasteiger partial charge in [0.2, 0.25) is 0 Å². The summed E-state index contributed by atoms with van der Waals surface area (Å²) in [7, 11) is 0. The highest BCUT2D eigenvalue weighted by Crippen LogP contribution is 2.09. The van der Waals surface area contributed by atoms with E-state index in [2.05, 4.69) is 11.4 Å². The first-order valence-corrected chi connectivity index (χ1v) is 6.43. The number of amides is 1. The van der Waals surface area contributed by atoms with E-state index in [1.165, 1.54) is 0 Å². The summed E-state index contributed by atoms with van der Waals surface area (Å²) in [5.74, 6) is 0. The van der Waals surface area contributed by atoms with Gasteiger partial charge in [-0.2, -0.15) is 5.26 Å². The molecule has 0 spiro atoms. The molecule has 1 aromatic carbocycles. The Kier molecular flexibility index (Phi) is 5.53. The van der Waals surface area contributed by atoms with E-state index >= 15 is 0 Å². The average Bonchev–Trinajstić information content (AvgIpc) is 2.36. The van der Waals surface area contributed by atoms with Crippen molar-refractivity contribution in [1.29, 1.82) is 5.26 Å². The zero-order chi connectivity index (χ0) is 15.2. The van der Waals surface area contributed by atoms with E-state index in [1.807, 2.05) is 6.07 Å². The van der Waals surface area contributed by atoms with Crippen molar-refractivity contribution < 1.29 is 14.6 Å². The van der Waals surface area contributed by atoms with Crippen LogP contribution in [0.4, 0.5) is 4.79 Å². The molecule has 5 nitrogen and oxygen atoms in total. The highest BCUT2D eigenvalue weighted by atomic mass is 16.6. The van der Waals surface area contributed by atoms with Gasteiger partial charge in [0.25, 0.3) is 0 Å². The lowest BCUT2D eigenvalue weighted by atomic mass is 10.0. The van der Waals surface area contributed by atoms with Crippen molar-refractivity contribution in [2.45, 2.75) is 38.8 Å². The second-order valence-electron chi connectivity index (χ2n) is 5.54. The van der Waals surface area contributed by atoms with Gasteiger partial charge in [-0.05, 0) is 44.9 Å². The molecule has 5 heteroatoms. The molecule has 0 saturated heterocycles. The fourth-order valence-electron chi connectivity index (χ4n) is 1.69. The number of aliphatic hydroxyl groups excluding tert-OH is 1. The Balaban J connectivity index is 2.63. The number of rotatable bonds is 4. The van der Waals surface area contributed by atoms with Crippen molar-refractivity contribution in [1.82, 2.24) is 5.32 Å². The van der Waals surface area contributed by atoms with Crippen LogP contribution in [-0.4, -0.2) is 29.4 Å². The largest absolute Gasteiger partial charge is 0.444 e. The summed E-state index contributed by atoms with van der Waals surface area (Å²) in [4.78, 5) is 11.6. The van der Waals surface area contributed by atoms with E-state index < -0.39 is 17.7 Å². The summed E-state index contributed by atoms with van der Waals surface area (Å²) < 4.78 is 5.14. The molecule has 108 valence electrons. The average molecular weight is 276 g/mol. The number of alkyl carbamates (subject to hydrolysis) is 1. The Morgan fingerprint density at radius 1 is 1.50 bits per heavy atom. The van der Waals surface area contributed by atoms with E-state index in [0.717, 1.165) is 5.56 Å². The minimum atomic E-state index is -0.579. The molecule has 0 aliphatic rings. The molecule has 0 fully saturated rings. The normalized spacial score (nSPS) is 12.3. The van der Waals surface area contributed by atoms with Crippen molar-refractivity contribution in [2.24, 2.45) is 0 Å². The molecule has 0 aromatic heterocycles. The van der Waals surface area contributed by atoms with E-state index in [4.69, 9.17) is 10.00 Å². The number of benzene rings is 1. The van der Waals surface area contributed by atoms with Gasteiger partial charge in [0, 0.05) is 0 Å². The van der Waals surface area contributed by atoms with Gasteiger partial charge < -0.3 is 15.2 Å². The topological polar surface area (TPSA) is 82.3 Å². The minimum Gasteiger partial charge on any atom is -0.444 e. The first-order chi connectivity index (χ1) is 9.34. The number of hydrogen-bond donors (Lipinski definition) is 2. The van der Waals surface area contributed by atoms with Crippen LogP contribution in [0.5, 0.6) is 0 Å². The Bertz CT molecular complexity index is 501. The number of nitrogens with zero attached hydrogens (tertiary/aromatic N) is 1. The molecule has 1 atom stereocenters. The maximum absolute atomic E-state index is 11.6. The minimum absolute atomic E-state index is 0.198. The van der Waals surface area contributed by atoms with Crippen LogP contribution in [-0.2, 0) is 11.2 Å². The zero-order valence-electron chi connectivity index (χ0n) is 12.0. The number of nitriles is 1. The number of hydrogen-bond acceptors (Lipinski definition) is 4. The molecule has 1 rings (SSSR count). The van der Waals surface area contributed by atoms with Crippen molar-refractivity contribution in [3.05, 3.63) is 35.4 Å². The number of carbonyl (C=O) groups is 1. The van der Waals surface area contributed by atoms with Crippen LogP contribution in [0.15, 0.2) is 24.3 Å². The van der Waals surface area contributed by atoms with E-state index in [-0.39, 0.29) is 6.61 Å². The molecule has 0 radical (unpaired) electrons. The van der Waals surface area contributed by atoms with Gasteiger partial charge in [-0.1, -0.05) is 12.1 Å². The number of nitrogens with one attached hydrogen (secondary N) is 1. The molecule has 0 bridgehead atoms. The van der Waals surface area contributed by atoms with Crippen LogP contribution in [0.1, 0.15) is 31.9 Å². The second kappa shape index (κ2) is 6.92. The monoisotopic (exact) mass is 276 g/mol. The summed E-state index contributed by atoms with van der Waals surface area (Å²) in [6, 6.07) is 8.67. The molecule has 0 aliphatic carbocycles. The smallest absolute Gasteiger partial charge is 0.407 e. The second-order valence-corrected chi connectivity index (χ2v) is 5.54. The van der Waals surface area contributed by atoms with Crippen LogP contribution >= 0.6 is 0 Å². The van der Waals surface area contributed by atoms with E-state index in [9.17, 15) is 9.90 Å². The Labute approximate surface area is 119 Å². The summed E-state index contributed by atoms with van der Waals surface area (Å²) >= 11 is 0. The Morgan fingerprint density at radius 3 is 2.75 bits per heavy atom. The number of carbonyl (C=O) groups excluding carboxylic acids is 1. The maximum atomic E-state index is 11.6. The third-order valence-electron chi connectivity index (χ3n) is 2.48. The molecule has 0 saturated carbocycles. The highest BCUT2D eigenvalue weighted by Gasteiger charge is 2.19. The molecular weight excluding hydrogens is 256 g/mol. The molecule has 0 heterocycles. The predicted octanol–water partition coefficient (Wildman–Crippen LogP) is 1.99. The summed E-state index contributed by atoms with van der Waals surface area (Å²) in [5, 5.41) is 20.8. The fraction of sp³-hybridized carbons (Fsp3) is 0.467. The van der Waals surface area contributed by atoms with Gasteiger partial charge in [0.05, 0.1) is 24.3 Å². The molecule has 1 aromatic rings. The van der Waals surface area contributed by atoms with Gasteiger partial charge in [-0.3, -0.25) is 0 Å². The number of aliphatic hydroxyl groups is 1. The zero-order valence-corrected chi connectivity index (χ0v) is 12.0. The van der Waals surface area contributed by atoms with Crippen LogP contribution < -0.4 is 5.32 Å². The maximum Gasteiger partial charge on any atom is 0.407 e. The van der Waals surface area contributed by atoms with Crippen LogP contribution in [0.2, 0.25) is 0 Å². The van der Waals surface area contributed by atoms with Crippen LogP contribution in [0.25, 0.3) is 0 Å². The molecular formula is C15H20N2O3. The highest BCUT2D eigenvalue weighted by molar-refractivity contribution is 5.68. The summed E-state index contributed by atoms with van der Waals surface area (Å²) in [6.45, 7) is 5.13. The first kappa shape index (κ1) is 16.0. The predicted molar refractivity (Wildman–Crippen MR) is 75.1 cm³/mol. The Morgan fingerprint density at radius 2 is 2.20 bits per heavy atom. The lowest BCUT2D eigenvalue weighted by Gasteiger charge is -2.22. The Hall–Kier alpha value is -2.06. The third-order valence-corrected chi connectivity index (χ3v) is 2.48. The van der Waals surface area contributed by atoms with Gasteiger partial charge in [0.1, 0.15) is 5.60 Å². The number of ether oxygens (including phenoxy) is 1. The molecule has 2 N–H and O–H groups in total. The first-order valence-electron chi connectivity index (χ1n) is 6.43. The molecule has 20 heavy (non-hydrogen) atoms. The standard InChI is InChI=1S/C15H20N2O3/c1-15(2,3)20-14(19)17-13(10-18)8-11-5-4-6-12(7-11)9-16/h4-7,13,18H,8,10H2,1-3H3,(H,17,19)/t13-/m1/s1. The summed E-state index contributed by atoms with van der Waals surface area (Å²) in [5.41, 5.74) is 0.848. The van der Waals surface area contributed by atoms with Gasteiger partial charge in [-0.25, -0.2) is 4.79 Å². The summed E-state index contributed by atoms with van der Waals surface area (Å²) in [6.07, 6.45) is -0.126. The third kappa shape index (κ3) is 5.72. The van der Waals surface area contributed by atoms with Crippen molar-refractivity contribution in [2.75, 3.05) is 6.61 Å². The van der Waals surface area contributed by atoms with Gasteiger partial charge >= 0.3 is 6.09 Å². The van der Waals surface area contributed by atoms with Crippen LogP contribution in [0.3, 0.4) is 0 Å². The molecule has 1 amide bonds. The van der Waals surface area contributed by atoms with E-state index in [1.54, 1.807) is 39.0 Å². The quantitative estimate of drug-likeness (QED) is 0.881. The SMILES string of the molecule is CC(C)(C)OC(=O)N[C@@H](CO)Cc1cccc(C#N)c1. The molecule has 0 unspecified atom stereocenters. The lowest BCUT2D eigenvalue weighted by Crippen LogP contribution is -2.42.